The fraction of sp³-hybridized carbons (Fsp3) is 0.429. The number of esters is 1. The van der Waals surface area contributed by atoms with Crippen LogP contribution in [0.4, 0.5) is 0 Å². The maximum atomic E-state index is 13.9. The summed E-state index contributed by atoms with van der Waals surface area (Å²) in [6.07, 6.45) is 1.32. The Bertz CT molecular complexity index is 939. The number of carbonyl (C=O) groups excluding carboxylic acids is 2. The normalized spacial score (nSPS) is 18.2. The third-order valence-corrected chi connectivity index (χ3v) is 6.19. The molecule has 1 heterocycles. The van der Waals surface area contributed by atoms with Crippen LogP contribution < -0.4 is 0 Å². The second-order valence-electron chi connectivity index (χ2n) is 8.89. The zero-order chi connectivity index (χ0) is 23.8. The summed E-state index contributed by atoms with van der Waals surface area (Å²) in [5, 5.41) is 0. The Kier molecular flexibility index (Phi) is 8.68. The molecule has 2 aromatic carbocycles. The molecule has 0 radical (unpaired) electrons. The van der Waals surface area contributed by atoms with Crippen molar-refractivity contribution in [1.29, 1.82) is 0 Å². The molecular formula is C28H34N2O3. The van der Waals surface area contributed by atoms with Crippen LogP contribution in [-0.2, 0) is 14.3 Å². The van der Waals surface area contributed by atoms with Crippen molar-refractivity contribution in [2.45, 2.75) is 44.7 Å². The number of benzene rings is 2. The van der Waals surface area contributed by atoms with Gasteiger partial charge < -0.3 is 9.64 Å². The average molecular weight is 447 g/mol. The van der Waals surface area contributed by atoms with Crippen LogP contribution in [0.15, 0.2) is 60.7 Å². The summed E-state index contributed by atoms with van der Waals surface area (Å²) in [5.41, 5.74) is 1.83. The molecule has 1 fully saturated rings. The van der Waals surface area contributed by atoms with Crippen LogP contribution in [0.5, 0.6) is 0 Å². The van der Waals surface area contributed by atoms with Gasteiger partial charge in [-0.25, -0.2) is 4.79 Å². The summed E-state index contributed by atoms with van der Waals surface area (Å²) in [7, 11) is 3.42. The first-order chi connectivity index (χ1) is 15.9. The zero-order valence-electron chi connectivity index (χ0n) is 20.0. The molecule has 1 aliphatic rings. The van der Waals surface area contributed by atoms with E-state index in [1.165, 1.54) is 7.11 Å². The SMILES string of the molecule is COC(=O)[C@@H]1C[C@H](N(C)CC#CC(C)C)CCN1C(=O)C(c1ccccc1)c1ccccc1. The monoisotopic (exact) mass is 446 g/mol. The Labute approximate surface area is 197 Å². The first-order valence-electron chi connectivity index (χ1n) is 11.6. The van der Waals surface area contributed by atoms with E-state index in [9.17, 15) is 9.59 Å². The summed E-state index contributed by atoms with van der Waals surface area (Å²) in [6, 6.07) is 19.1. The van der Waals surface area contributed by atoms with Gasteiger partial charge in [0.05, 0.1) is 19.6 Å². The van der Waals surface area contributed by atoms with E-state index in [4.69, 9.17) is 4.74 Å². The number of hydrogen-bond donors (Lipinski definition) is 0. The second kappa shape index (κ2) is 11.7. The number of ether oxygens (including phenoxy) is 1. The molecule has 0 aliphatic carbocycles. The van der Waals surface area contributed by atoms with Crippen molar-refractivity contribution in [3.05, 3.63) is 71.8 Å². The predicted molar refractivity (Wildman–Crippen MR) is 131 cm³/mol. The highest BCUT2D eigenvalue weighted by molar-refractivity contribution is 5.91. The number of likely N-dealkylation sites (tertiary alicyclic amines) is 1. The number of rotatable bonds is 6. The summed E-state index contributed by atoms with van der Waals surface area (Å²) >= 11 is 0. The van der Waals surface area contributed by atoms with E-state index in [0.29, 0.717) is 25.4 Å². The van der Waals surface area contributed by atoms with Gasteiger partial charge in [0.1, 0.15) is 6.04 Å². The molecule has 1 amide bonds. The summed E-state index contributed by atoms with van der Waals surface area (Å²) < 4.78 is 5.12. The topological polar surface area (TPSA) is 49.9 Å². The van der Waals surface area contributed by atoms with Gasteiger partial charge in [-0.05, 0) is 31.0 Å². The van der Waals surface area contributed by atoms with Gasteiger partial charge in [-0.3, -0.25) is 9.69 Å². The van der Waals surface area contributed by atoms with E-state index in [1.807, 2.05) is 67.7 Å². The Balaban J connectivity index is 1.86. The maximum absolute atomic E-state index is 13.9. The fourth-order valence-electron chi connectivity index (χ4n) is 4.41. The quantitative estimate of drug-likeness (QED) is 0.498. The molecule has 0 aromatic heterocycles. The maximum Gasteiger partial charge on any atom is 0.328 e. The first-order valence-corrected chi connectivity index (χ1v) is 11.6. The lowest BCUT2D eigenvalue weighted by Gasteiger charge is -2.42. The summed E-state index contributed by atoms with van der Waals surface area (Å²) in [4.78, 5) is 30.6. The zero-order valence-corrected chi connectivity index (χ0v) is 20.0. The molecule has 0 saturated carbocycles. The van der Waals surface area contributed by atoms with Crippen LogP contribution in [0.3, 0.4) is 0 Å². The summed E-state index contributed by atoms with van der Waals surface area (Å²) in [6.45, 7) is 5.28. The lowest BCUT2D eigenvalue weighted by molar-refractivity contribution is -0.156. The molecule has 5 heteroatoms. The van der Waals surface area contributed by atoms with Crippen LogP contribution in [0, 0.1) is 17.8 Å². The molecule has 5 nitrogen and oxygen atoms in total. The number of piperidine rings is 1. The Morgan fingerprint density at radius 3 is 2.15 bits per heavy atom. The van der Waals surface area contributed by atoms with Gasteiger partial charge in [0.2, 0.25) is 5.91 Å². The van der Waals surface area contributed by atoms with Crippen molar-refractivity contribution in [3.8, 4) is 11.8 Å². The molecular weight excluding hydrogens is 412 g/mol. The van der Waals surface area contributed by atoms with Crippen molar-refractivity contribution in [3.63, 3.8) is 0 Å². The van der Waals surface area contributed by atoms with E-state index < -0.39 is 12.0 Å². The minimum Gasteiger partial charge on any atom is -0.467 e. The molecule has 0 unspecified atom stereocenters. The molecule has 33 heavy (non-hydrogen) atoms. The molecule has 2 aromatic rings. The van der Waals surface area contributed by atoms with Crippen LogP contribution in [0.2, 0.25) is 0 Å². The molecule has 174 valence electrons. The van der Waals surface area contributed by atoms with E-state index in [0.717, 1.165) is 17.5 Å². The number of methoxy groups -OCH3 is 1. The van der Waals surface area contributed by atoms with Crippen molar-refractivity contribution in [2.24, 2.45) is 5.92 Å². The smallest absolute Gasteiger partial charge is 0.328 e. The Morgan fingerprint density at radius 1 is 1.06 bits per heavy atom. The van der Waals surface area contributed by atoms with E-state index in [-0.39, 0.29) is 17.9 Å². The Morgan fingerprint density at radius 2 is 1.64 bits per heavy atom. The van der Waals surface area contributed by atoms with Gasteiger partial charge in [0.25, 0.3) is 0 Å². The third-order valence-electron chi connectivity index (χ3n) is 6.19. The third kappa shape index (κ3) is 6.24. The minimum absolute atomic E-state index is 0.0662. The molecule has 0 bridgehead atoms. The van der Waals surface area contributed by atoms with E-state index >= 15 is 0 Å². The lowest BCUT2D eigenvalue weighted by Crippen LogP contribution is -2.55. The van der Waals surface area contributed by atoms with Crippen molar-refractivity contribution >= 4 is 11.9 Å². The second-order valence-corrected chi connectivity index (χ2v) is 8.89. The van der Waals surface area contributed by atoms with Gasteiger partial charge in [-0.2, -0.15) is 0 Å². The standard InChI is InChI=1S/C28H34N2O3/c1-21(2)12-11-18-29(3)24-17-19-30(25(20-24)28(32)33-4)27(31)26(22-13-7-5-8-14-22)23-15-9-6-10-16-23/h5-10,13-16,21,24-26H,17-20H2,1-4H3/t24-,25+/m1/s1. The number of hydrogen-bond acceptors (Lipinski definition) is 4. The number of carbonyl (C=O) groups is 2. The number of amides is 1. The lowest BCUT2D eigenvalue weighted by atomic mass is 9.87. The van der Waals surface area contributed by atoms with Gasteiger partial charge in [0, 0.05) is 18.5 Å². The van der Waals surface area contributed by atoms with Crippen molar-refractivity contribution < 1.29 is 14.3 Å². The first kappa shape index (κ1) is 24.5. The average Bonchev–Trinajstić information content (AvgIpc) is 2.84. The van der Waals surface area contributed by atoms with E-state index in [1.54, 1.807) is 4.90 Å². The minimum atomic E-state index is -0.614. The van der Waals surface area contributed by atoms with Crippen LogP contribution in [0.1, 0.15) is 43.7 Å². The van der Waals surface area contributed by atoms with Crippen LogP contribution in [-0.4, -0.2) is 61.0 Å². The fourth-order valence-corrected chi connectivity index (χ4v) is 4.41. The highest BCUT2D eigenvalue weighted by Gasteiger charge is 2.40. The molecule has 3 rings (SSSR count). The van der Waals surface area contributed by atoms with Crippen LogP contribution in [0.25, 0.3) is 0 Å². The number of nitrogens with zero attached hydrogens (tertiary/aromatic N) is 2. The molecule has 2 atom stereocenters. The highest BCUT2D eigenvalue weighted by Crippen LogP contribution is 2.31. The molecule has 0 N–H and O–H groups in total. The van der Waals surface area contributed by atoms with Crippen LogP contribution >= 0.6 is 0 Å². The van der Waals surface area contributed by atoms with E-state index in [2.05, 4.69) is 30.6 Å². The molecule has 1 saturated heterocycles. The van der Waals surface area contributed by atoms with Gasteiger partial charge >= 0.3 is 5.97 Å². The highest BCUT2D eigenvalue weighted by atomic mass is 16.5. The predicted octanol–water partition coefficient (Wildman–Crippen LogP) is 3.94. The van der Waals surface area contributed by atoms with Gasteiger partial charge in [-0.1, -0.05) is 86.4 Å². The largest absolute Gasteiger partial charge is 0.467 e. The molecule has 0 spiro atoms. The van der Waals surface area contributed by atoms with Crippen molar-refractivity contribution in [1.82, 2.24) is 9.80 Å². The summed E-state index contributed by atoms with van der Waals surface area (Å²) in [5.74, 6) is 5.83. The Hall–Kier alpha value is -3.10. The van der Waals surface area contributed by atoms with Gasteiger partial charge in [0.15, 0.2) is 0 Å². The van der Waals surface area contributed by atoms with Crippen molar-refractivity contribution in [2.75, 3.05) is 27.2 Å². The molecule has 1 aliphatic heterocycles. The van der Waals surface area contributed by atoms with Gasteiger partial charge in [-0.15, -0.1) is 0 Å².